The van der Waals surface area contributed by atoms with Crippen molar-refractivity contribution in [2.45, 2.75) is 32.0 Å². The van der Waals surface area contributed by atoms with Gasteiger partial charge in [-0.3, -0.25) is 4.98 Å². The molecule has 21 heavy (non-hydrogen) atoms. The molecule has 1 aliphatic rings. The largest absolute Gasteiger partial charge is 0.357 e. The molecule has 2 atom stereocenters. The predicted molar refractivity (Wildman–Crippen MR) is 87.8 cm³/mol. The first-order valence-corrected chi connectivity index (χ1v) is 7.60. The number of aromatic nitrogens is 2. The first-order valence-electron chi connectivity index (χ1n) is 7.19. The van der Waals surface area contributed by atoms with Crippen molar-refractivity contribution in [2.75, 3.05) is 0 Å². The average molecular weight is 300 g/mol. The van der Waals surface area contributed by atoms with Crippen LogP contribution in [0.3, 0.4) is 0 Å². The third kappa shape index (κ3) is 2.53. The molecule has 1 saturated heterocycles. The van der Waals surface area contributed by atoms with Crippen molar-refractivity contribution in [1.82, 2.24) is 19.8 Å². The molecule has 2 aromatic heterocycles. The molecule has 0 aliphatic carbocycles. The Morgan fingerprint density at radius 1 is 1.29 bits per heavy atom. The van der Waals surface area contributed by atoms with Gasteiger partial charge in [0.25, 0.3) is 0 Å². The lowest BCUT2D eigenvalue weighted by molar-refractivity contribution is 0.269. The van der Waals surface area contributed by atoms with Crippen LogP contribution in [0.25, 0.3) is 0 Å². The average Bonchev–Trinajstić information content (AvgIpc) is 3.03. The van der Waals surface area contributed by atoms with Crippen molar-refractivity contribution in [2.24, 2.45) is 7.05 Å². The first kappa shape index (κ1) is 14.1. The van der Waals surface area contributed by atoms with E-state index in [0.29, 0.717) is 6.04 Å². The molecule has 0 amide bonds. The van der Waals surface area contributed by atoms with Crippen molar-refractivity contribution in [3.8, 4) is 0 Å². The number of nitrogens with one attached hydrogen (secondary N) is 1. The third-order valence-electron chi connectivity index (χ3n) is 3.89. The van der Waals surface area contributed by atoms with E-state index in [1.54, 1.807) is 0 Å². The zero-order valence-electron chi connectivity index (χ0n) is 12.5. The summed E-state index contributed by atoms with van der Waals surface area (Å²) in [7, 11) is 2.04. The molecule has 4 nitrogen and oxygen atoms in total. The van der Waals surface area contributed by atoms with E-state index in [9.17, 15) is 0 Å². The maximum absolute atomic E-state index is 5.56. The SMILES string of the molecule is CC(C)N1C(=S)N[C@@H](c2ccccn2)[C@@H]1c1ccn(C)c1. The van der Waals surface area contributed by atoms with E-state index in [2.05, 4.69) is 58.1 Å². The Morgan fingerprint density at radius 2 is 2.10 bits per heavy atom. The molecular weight excluding hydrogens is 280 g/mol. The molecule has 1 fully saturated rings. The minimum Gasteiger partial charge on any atom is -0.357 e. The minimum absolute atomic E-state index is 0.0866. The number of aryl methyl sites for hydroxylation is 1. The maximum Gasteiger partial charge on any atom is 0.170 e. The second-order valence-corrected chi connectivity index (χ2v) is 6.12. The van der Waals surface area contributed by atoms with Gasteiger partial charge in [0.15, 0.2) is 5.11 Å². The van der Waals surface area contributed by atoms with Gasteiger partial charge in [-0.15, -0.1) is 0 Å². The van der Waals surface area contributed by atoms with Gasteiger partial charge in [0.1, 0.15) is 0 Å². The fourth-order valence-corrected chi connectivity index (χ4v) is 3.43. The Hall–Kier alpha value is -1.88. The highest BCUT2D eigenvalue weighted by atomic mass is 32.1. The van der Waals surface area contributed by atoms with E-state index in [1.165, 1.54) is 5.56 Å². The van der Waals surface area contributed by atoms with E-state index in [4.69, 9.17) is 12.2 Å². The second-order valence-electron chi connectivity index (χ2n) is 5.74. The number of nitrogens with zero attached hydrogens (tertiary/aromatic N) is 3. The zero-order chi connectivity index (χ0) is 15.0. The molecule has 3 heterocycles. The van der Waals surface area contributed by atoms with Crippen LogP contribution in [0.15, 0.2) is 42.9 Å². The summed E-state index contributed by atoms with van der Waals surface area (Å²) >= 11 is 5.56. The van der Waals surface area contributed by atoms with Crippen LogP contribution in [-0.4, -0.2) is 25.6 Å². The standard InChI is InChI=1S/C16H20N4S/c1-11(2)20-15(12-7-9-19(3)10-12)14(18-16(20)21)13-6-4-5-8-17-13/h4-11,14-15H,1-3H3,(H,18,21)/t14-,15-/m0/s1. The maximum atomic E-state index is 5.56. The Balaban J connectivity index is 2.05. The number of rotatable bonds is 3. The summed E-state index contributed by atoms with van der Waals surface area (Å²) in [6, 6.07) is 8.77. The summed E-state index contributed by atoms with van der Waals surface area (Å²) in [5.41, 5.74) is 2.28. The molecule has 110 valence electrons. The Morgan fingerprint density at radius 3 is 2.67 bits per heavy atom. The number of pyridine rings is 1. The summed E-state index contributed by atoms with van der Waals surface area (Å²) in [4.78, 5) is 6.78. The van der Waals surface area contributed by atoms with Gasteiger partial charge in [-0.05, 0) is 49.8 Å². The first-order chi connectivity index (χ1) is 10.1. The molecule has 3 rings (SSSR count). The number of thiocarbonyl (C=S) groups is 1. The molecular formula is C16H20N4S. The number of hydrogen-bond donors (Lipinski definition) is 1. The van der Waals surface area contributed by atoms with Crippen LogP contribution in [0.1, 0.15) is 37.2 Å². The summed E-state index contributed by atoms with van der Waals surface area (Å²) < 4.78 is 2.07. The van der Waals surface area contributed by atoms with Gasteiger partial charge in [0, 0.05) is 31.7 Å². The van der Waals surface area contributed by atoms with Gasteiger partial charge in [0.05, 0.1) is 17.8 Å². The molecule has 0 unspecified atom stereocenters. The zero-order valence-corrected chi connectivity index (χ0v) is 13.3. The lowest BCUT2D eigenvalue weighted by Gasteiger charge is -2.30. The van der Waals surface area contributed by atoms with Crippen LogP contribution in [0.4, 0.5) is 0 Å². The molecule has 1 aliphatic heterocycles. The molecule has 0 radical (unpaired) electrons. The van der Waals surface area contributed by atoms with Crippen molar-refractivity contribution < 1.29 is 0 Å². The smallest absolute Gasteiger partial charge is 0.170 e. The summed E-state index contributed by atoms with van der Waals surface area (Å²) in [6.07, 6.45) is 6.07. The Kier molecular flexibility index (Phi) is 3.68. The monoisotopic (exact) mass is 300 g/mol. The lowest BCUT2D eigenvalue weighted by Crippen LogP contribution is -2.35. The highest BCUT2D eigenvalue weighted by Gasteiger charge is 2.41. The van der Waals surface area contributed by atoms with Crippen molar-refractivity contribution in [3.05, 3.63) is 54.1 Å². The summed E-state index contributed by atoms with van der Waals surface area (Å²) in [5.74, 6) is 0. The van der Waals surface area contributed by atoms with Crippen LogP contribution < -0.4 is 5.32 Å². The van der Waals surface area contributed by atoms with Crippen molar-refractivity contribution in [3.63, 3.8) is 0 Å². The topological polar surface area (TPSA) is 33.1 Å². The highest BCUT2D eigenvalue weighted by molar-refractivity contribution is 7.80. The van der Waals surface area contributed by atoms with Crippen LogP contribution in [0.2, 0.25) is 0 Å². The van der Waals surface area contributed by atoms with Gasteiger partial charge >= 0.3 is 0 Å². The normalized spacial score (nSPS) is 21.9. The van der Waals surface area contributed by atoms with E-state index in [0.717, 1.165) is 10.8 Å². The number of hydrogen-bond acceptors (Lipinski definition) is 2. The Bertz CT molecular complexity index is 635. The fraction of sp³-hybridized carbons (Fsp3) is 0.375. The molecule has 0 aromatic carbocycles. The van der Waals surface area contributed by atoms with E-state index in [-0.39, 0.29) is 12.1 Å². The van der Waals surface area contributed by atoms with Gasteiger partial charge in [-0.1, -0.05) is 6.07 Å². The lowest BCUT2D eigenvalue weighted by atomic mass is 9.98. The van der Waals surface area contributed by atoms with E-state index < -0.39 is 0 Å². The van der Waals surface area contributed by atoms with Crippen LogP contribution in [0.5, 0.6) is 0 Å². The third-order valence-corrected chi connectivity index (χ3v) is 4.22. The molecule has 0 saturated carbocycles. The van der Waals surface area contributed by atoms with Gasteiger partial charge in [0.2, 0.25) is 0 Å². The van der Waals surface area contributed by atoms with Gasteiger partial charge in [-0.25, -0.2) is 0 Å². The van der Waals surface area contributed by atoms with E-state index in [1.807, 2.05) is 25.4 Å². The molecule has 5 heteroatoms. The molecule has 2 aromatic rings. The fourth-order valence-electron chi connectivity index (χ4n) is 2.98. The van der Waals surface area contributed by atoms with Crippen LogP contribution in [0, 0.1) is 0 Å². The van der Waals surface area contributed by atoms with Gasteiger partial charge < -0.3 is 14.8 Å². The summed E-state index contributed by atoms with van der Waals surface area (Å²) in [5, 5.41) is 4.25. The van der Waals surface area contributed by atoms with E-state index >= 15 is 0 Å². The summed E-state index contributed by atoms with van der Waals surface area (Å²) in [6.45, 7) is 4.34. The van der Waals surface area contributed by atoms with Gasteiger partial charge in [-0.2, -0.15) is 0 Å². The molecule has 0 bridgehead atoms. The molecule has 0 spiro atoms. The predicted octanol–water partition coefficient (Wildman–Crippen LogP) is 2.80. The van der Waals surface area contributed by atoms with Crippen LogP contribution >= 0.6 is 12.2 Å². The quantitative estimate of drug-likeness (QED) is 0.884. The Labute approximate surface area is 130 Å². The van der Waals surface area contributed by atoms with Crippen molar-refractivity contribution >= 4 is 17.3 Å². The second kappa shape index (κ2) is 5.48. The minimum atomic E-state index is 0.0866. The highest BCUT2D eigenvalue weighted by Crippen LogP contribution is 2.39. The van der Waals surface area contributed by atoms with Crippen LogP contribution in [-0.2, 0) is 7.05 Å². The van der Waals surface area contributed by atoms with Crippen molar-refractivity contribution in [1.29, 1.82) is 0 Å². The molecule has 1 N–H and O–H groups in total.